The third-order valence-corrected chi connectivity index (χ3v) is 3.68. The van der Waals surface area contributed by atoms with E-state index >= 15 is 0 Å². The summed E-state index contributed by atoms with van der Waals surface area (Å²) in [4.78, 5) is 15.4. The summed E-state index contributed by atoms with van der Waals surface area (Å²) in [5, 5.41) is 6.77. The van der Waals surface area contributed by atoms with E-state index in [4.69, 9.17) is 0 Å². The number of pyridine rings is 1. The number of carbonyl (C=O) groups is 1. The van der Waals surface area contributed by atoms with Gasteiger partial charge in [0.2, 0.25) is 0 Å². The van der Waals surface area contributed by atoms with Gasteiger partial charge in [0.25, 0.3) is 0 Å². The van der Waals surface area contributed by atoms with Gasteiger partial charge in [0.1, 0.15) is 5.69 Å². The number of hydrogen-bond acceptors (Lipinski definition) is 5. The van der Waals surface area contributed by atoms with Crippen molar-refractivity contribution in [3.63, 3.8) is 0 Å². The van der Waals surface area contributed by atoms with Crippen molar-refractivity contribution in [2.24, 2.45) is 5.41 Å². The second-order valence-corrected chi connectivity index (χ2v) is 5.34. The number of ether oxygens (including phenoxy) is 1. The highest BCUT2D eigenvalue weighted by molar-refractivity contribution is 5.88. The van der Waals surface area contributed by atoms with Crippen molar-refractivity contribution in [2.75, 3.05) is 32.1 Å². The van der Waals surface area contributed by atoms with Crippen LogP contribution < -0.4 is 10.6 Å². The summed E-state index contributed by atoms with van der Waals surface area (Å²) in [6.07, 6.45) is 3.95. The van der Waals surface area contributed by atoms with Crippen molar-refractivity contribution in [2.45, 2.75) is 19.8 Å². The number of methoxy groups -OCH3 is 1. The Labute approximate surface area is 113 Å². The molecule has 5 nitrogen and oxygen atoms in total. The molecule has 0 bridgehead atoms. The van der Waals surface area contributed by atoms with Crippen LogP contribution in [0.1, 0.15) is 30.3 Å². The minimum atomic E-state index is -0.406. The monoisotopic (exact) mass is 263 g/mol. The molecule has 0 aromatic carbocycles. The van der Waals surface area contributed by atoms with E-state index in [1.165, 1.54) is 7.11 Å². The average molecular weight is 263 g/mol. The number of nitrogens with one attached hydrogen (secondary N) is 2. The summed E-state index contributed by atoms with van der Waals surface area (Å²) in [6.45, 7) is 5.34. The maximum Gasteiger partial charge on any atom is 0.356 e. The lowest BCUT2D eigenvalue weighted by atomic mass is 9.81. The minimum Gasteiger partial charge on any atom is -0.464 e. The van der Waals surface area contributed by atoms with Crippen LogP contribution in [0.15, 0.2) is 18.3 Å². The van der Waals surface area contributed by atoms with Crippen molar-refractivity contribution < 1.29 is 9.53 Å². The summed E-state index contributed by atoms with van der Waals surface area (Å²) in [7, 11) is 1.36. The Morgan fingerprint density at radius 2 is 2.26 bits per heavy atom. The van der Waals surface area contributed by atoms with Gasteiger partial charge >= 0.3 is 5.97 Å². The number of nitrogens with zero attached hydrogens (tertiary/aromatic N) is 1. The maximum atomic E-state index is 11.4. The van der Waals surface area contributed by atoms with Crippen molar-refractivity contribution in [3.8, 4) is 0 Å². The molecule has 0 aliphatic carbocycles. The Kier molecular flexibility index (Phi) is 4.37. The number of esters is 1. The van der Waals surface area contributed by atoms with E-state index in [0.29, 0.717) is 11.1 Å². The van der Waals surface area contributed by atoms with Gasteiger partial charge in [0, 0.05) is 18.4 Å². The molecule has 104 valence electrons. The third-order valence-electron chi connectivity index (χ3n) is 3.68. The average Bonchev–Trinajstić information content (AvgIpc) is 2.45. The second kappa shape index (κ2) is 6.02. The first-order valence-electron chi connectivity index (χ1n) is 6.62. The molecule has 0 amide bonds. The first-order valence-corrected chi connectivity index (χ1v) is 6.62. The minimum absolute atomic E-state index is 0.306. The largest absolute Gasteiger partial charge is 0.464 e. The maximum absolute atomic E-state index is 11.4. The Balaban J connectivity index is 1.97. The summed E-state index contributed by atoms with van der Waals surface area (Å²) >= 11 is 0. The molecule has 1 fully saturated rings. The van der Waals surface area contributed by atoms with Crippen LogP contribution >= 0.6 is 0 Å². The molecule has 1 saturated heterocycles. The molecule has 0 unspecified atom stereocenters. The molecule has 1 aromatic heterocycles. The highest BCUT2D eigenvalue weighted by Gasteiger charge is 2.26. The van der Waals surface area contributed by atoms with Crippen molar-refractivity contribution in [1.82, 2.24) is 10.3 Å². The van der Waals surface area contributed by atoms with E-state index in [-0.39, 0.29) is 0 Å². The topological polar surface area (TPSA) is 63.2 Å². The van der Waals surface area contributed by atoms with Crippen molar-refractivity contribution in [3.05, 3.63) is 24.0 Å². The van der Waals surface area contributed by atoms with E-state index in [1.54, 1.807) is 12.3 Å². The number of carbonyl (C=O) groups excluding carboxylic acids is 1. The van der Waals surface area contributed by atoms with Crippen LogP contribution in [0.4, 0.5) is 5.69 Å². The quantitative estimate of drug-likeness (QED) is 0.809. The number of hydrogen-bond donors (Lipinski definition) is 2. The molecule has 2 rings (SSSR count). The number of anilines is 1. The Bertz CT molecular complexity index is 442. The highest BCUT2D eigenvalue weighted by atomic mass is 16.5. The molecule has 19 heavy (non-hydrogen) atoms. The van der Waals surface area contributed by atoms with Crippen LogP contribution in [-0.2, 0) is 4.74 Å². The number of rotatable bonds is 4. The molecule has 2 N–H and O–H groups in total. The SMILES string of the molecule is COC(=O)c1cc(NCC2(C)CCNCC2)ccn1. The van der Waals surface area contributed by atoms with Crippen LogP contribution in [0.2, 0.25) is 0 Å². The Morgan fingerprint density at radius 1 is 1.53 bits per heavy atom. The van der Waals surface area contributed by atoms with Crippen molar-refractivity contribution in [1.29, 1.82) is 0 Å². The molecule has 1 aliphatic rings. The molecular weight excluding hydrogens is 242 g/mol. The lowest BCUT2D eigenvalue weighted by Crippen LogP contribution is -2.39. The molecule has 0 spiro atoms. The van der Waals surface area contributed by atoms with Crippen LogP contribution in [0.5, 0.6) is 0 Å². The number of aromatic nitrogens is 1. The van der Waals surface area contributed by atoms with Gasteiger partial charge in [-0.3, -0.25) is 0 Å². The Morgan fingerprint density at radius 3 is 2.95 bits per heavy atom. The first kappa shape index (κ1) is 13.8. The molecule has 1 aliphatic heterocycles. The van der Waals surface area contributed by atoms with Gasteiger partial charge in [-0.2, -0.15) is 0 Å². The molecule has 1 aromatic rings. The van der Waals surface area contributed by atoms with E-state index in [0.717, 1.165) is 38.2 Å². The van der Waals surface area contributed by atoms with Gasteiger partial charge in [-0.1, -0.05) is 6.92 Å². The predicted octanol–water partition coefficient (Wildman–Crippen LogP) is 1.67. The van der Waals surface area contributed by atoms with Crippen LogP contribution in [0.25, 0.3) is 0 Å². The highest BCUT2D eigenvalue weighted by Crippen LogP contribution is 2.28. The fourth-order valence-electron chi connectivity index (χ4n) is 2.28. The van der Waals surface area contributed by atoms with Crippen molar-refractivity contribution >= 4 is 11.7 Å². The molecule has 0 atom stereocenters. The second-order valence-electron chi connectivity index (χ2n) is 5.34. The smallest absolute Gasteiger partial charge is 0.356 e. The molecular formula is C14H21N3O2. The molecule has 0 radical (unpaired) electrons. The zero-order valence-corrected chi connectivity index (χ0v) is 11.5. The lowest BCUT2D eigenvalue weighted by Gasteiger charge is -2.34. The van der Waals surface area contributed by atoms with Gasteiger partial charge < -0.3 is 15.4 Å². The lowest BCUT2D eigenvalue weighted by molar-refractivity contribution is 0.0594. The fraction of sp³-hybridized carbons (Fsp3) is 0.571. The van der Waals surface area contributed by atoms with Gasteiger partial charge in [0.05, 0.1) is 7.11 Å². The molecule has 2 heterocycles. The summed E-state index contributed by atoms with van der Waals surface area (Å²) < 4.78 is 4.67. The fourth-order valence-corrected chi connectivity index (χ4v) is 2.28. The standard InChI is InChI=1S/C14H21N3O2/c1-14(4-7-15-8-5-14)10-17-11-3-6-16-12(9-11)13(18)19-2/h3,6,9,15H,4-5,7-8,10H2,1-2H3,(H,16,17). The van der Waals surface area contributed by atoms with Gasteiger partial charge in [-0.15, -0.1) is 0 Å². The van der Waals surface area contributed by atoms with Crippen LogP contribution in [0.3, 0.4) is 0 Å². The predicted molar refractivity (Wildman–Crippen MR) is 74.3 cm³/mol. The molecule has 0 saturated carbocycles. The summed E-state index contributed by atoms with van der Waals surface area (Å²) in [6, 6.07) is 3.60. The van der Waals surface area contributed by atoms with Crippen LogP contribution in [0, 0.1) is 5.41 Å². The Hall–Kier alpha value is -1.62. The normalized spacial score (nSPS) is 17.8. The van der Waals surface area contributed by atoms with Crippen LogP contribution in [-0.4, -0.2) is 37.7 Å². The zero-order chi connectivity index (χ0) is 13.7. The molecule has 5 heteroatoms. The third kappa shape index (κ3) is 3.67. The van der Waals surface area contributed by atoms with Gasteiger partial charge in [-0.05, 0) is 43.5 Å². The summed E-state index contributed by atoms with van der Waals surface area (Å²) in [5.41, 5.74) is 1.55. The number of piperidine rings is 1. The van der Waals surface area contributed by atoms with E-state index < -0.39 is 5.97 Å². The van der Waals surface area contributed by atoms with E-state index in [2.05, 4.69) is 27.3 Å². The van der Waals surface area contributed by atoms with E-state index in [9.17, 15) is 4.79 Å². The zero-order valence-electron chi connectivity index (χ0n) is 11.5. The first-order chi connectivity index (χ1) is 9.13. The van der Waals surface area contributed by atoms with Gasteiger partial charge in [-0.25, -0.2) is 9.78 Å². The van der Waals surface area contributed by atoms with Gasteiger partial charge in [0.15, 0.2) is 0 Å². The van der Waals surface area contributed by atoms with E-state index in [1.807, 2.05) is 6.07 Å². The summed E-state index contributed by atoms with van der Waals surface area (Å²) in [5.74, 6) is -0.406.